The minimum atomic E-state index is 0.832. The first-order valence-electron chi connectivity index (χ1n) is 17.1. The van der Waals surface area contributed by atoms with Crippen LogP contribution in [0.5, 0.6) is 0 Å². The van der Waals surface area contributed by atoms with Crippen molar-refractivity contribution < 1.29 is 8.83 Å². The van der Waals surface area contributed by atoms with E-state index in [0.29, 0.717) is 0 Å². The van der Waals surface area contributed by atoms with Gasteiger partial charge in [0.2, 0.25) is 0 Å². The highest BCUT2D eigenvalue weighted by molar-refractivity contribution is 6.22. The minimum absolute atomic E-state index is 0.832. The van der Waals surface area contributed by atoms with E-state index >= 15 is 0 Å². The van der Waals surface area contributed by atoms with E-state index in [2.05, 4.69) is 170 Å². The van der Waals surface area contributed by atoms with E-state index in [4.69, 9.17) is 8.83 Å². The van der Waals surface area contributed by atoms with E-state index in [1.807, 2.05) is 0 Å². The highest BCUT2D eigenvalue weighted by Crippen LogP contribution is 2.45. The van der Waals surface area contributed by atoms with Gasteiger partial charge in [-0.15, -0.1) is 0 Å². The summed E-state index contributed by atoms with van der Waals surface area (Å²) >= 11 is 0. The lowest BCUT2D eigenvalue weighted by atomic mass is 9.85. The zero-order chi connectivity index (χ0) is 32.8. The molecule has 0 atom stereocenters. The predicted molar refractivity (Wildman–Crippen MR) is 210 cm³/mol. The van der Waals surface area contributed by atoms with Gasteiger partial charge in [-0.3, -0.25) is 0 Å². The van der Waals surface area contributed by atoms with Crippen LogP contribution < -0.4 is 0 Å². The molecule has 0 radical (unpaired) electrons. The fourth-order valence-corrected chi connectivity index (χ4v) is 8.16. The predicted octanol–water partition coefficient (Wildman–Crippen LogP) is 13.9. The average molecular weight is 637 g/mol. The maximum atomic E-state index is 6.53. The van der Waals surface area contributed by atoms with Crippen LogP contribution in [-0.2, 0) is 0 Å². The summed E-state index contributed by atoms with van der Waals surface area (Å²) in [5.74, 6) is 0. The lowest BCUT2D eigenvalue weighted by Crippen LogP contribution is -1.91. The molecule has 0 N–H and O–H groups in total. The Balaban J connectivity index is 1.07. The van der Waals surface area contributed by atoms with Crippen LogP contribution >= 0.6 is 0 Å². The fraction of sp³-hybridized carbons (Fsp3) is 0. The average Bonchev–Trinajstić information content (AvgIpc) is 3.73. The standard InChI is InChI=1S/C48H28O2/c1-2-12-30(13-3-1)46-36-17-6-8-19-38(36)47(39-20-9-7-18-37(39)46)33-15-10-14-31(25-33)32-22-23-35-41-27-42-40-24-21-29-11-4-5-16-34(29)48(40)50-45(42)28-44(41)49-43(35)26-32/h1-28H. The van der Waals surface area contributed by atoms with Gasteiger partial charge in [0.25, 0.3) is 0 Å². The molecule has 0 aliphatic rings. The van der Waals surface area contributed by atoms with Crippen molar-refractivity contribution >= 4 is 76.2 Å². The molecule has 232 valence electrons. The largest absolute Gasteiger partial charge is 0.456 e. The molecule has 0 unspecified atom stereocenters. The van der Waals surface area contributed by atoms with E-state index in [1.54, 1.807) is 0 Å². The van der Waals surface area contributed by atoms with Crippen molar-refractivity contribution in [3.63, 3.8) is 0 Å². The number of rotatable bonds is 3. The molecule has 0 amide bonds. The minimum Gasteiger partial charge on any atom is -0.456 e. The number of fused-ring (bicyclic) bond motifs is 10. The number of hydrogen-bond acceptors (Lipinski definition) is 2. The topological polar surface area (TPSA) is 26.3 Å². The smallest absolute Gasteiger partial charge is 0.143 e. The Morgan fingerprint density at radius 2 is 0.800 bits per heavy atom. The van der Waals surface area contributed by atoms with E-state index < -0.39 is 0 Å². The number of furan rings is 2. The van der Waals surface area contributed by atoms with E-state index in [0.717, 1.165) is 60.4 Å². The van der Waals surface area contributed by atoms with Gasteiger partial charge in [0, 0.05) is 33.0 Å². The maximum Gasteiger partial charge on any atom is 0.143 e. The van der Waals surface area contributed by atoms with Gasteiger partial charge in [-0.2, -0.15) is 0 Å². The van der Waals surface area contributed by atoms with Gasteiger partial charge in [-0.1, -0.05) is 133 Å². The summed E-state index contributed by atoms with van der Waals surface area (Å²) in [4.78, 5) is 0. The first-order chi connectivity index (χ1) is 24.8. The SMILES string of the molecule is c1ccc(-c2c3ccccc3c(-c3cccc(-c4ccc5c(c4)oc4cc6oc7c8ccccc8ccc7c6cc45)c3)c3ccccc23)cc1. The van der Waals surface area contributed by atoms with Crippen molar-refractivity contribution in [2.75, 3.05) is 0 Å². The maximum absolute atomic E-state index is 6.53. The molecule has 0 saturated heterocycles. The molecule has 9 aromatic carbocycles. The van der Waals surface area contributed by atoms with Crippen LogP contribution in [0, 0.1) is 0 Å². The third kappa shape index (κ3) is 3.96. The molecule has 50 heavy (non-hydrogen) atoms. The number of benzene rings is 9. The molecule has 2 heterocycles. The highest BCUT2D eigenvalue weighted by Gasteiger charge is 2.18. The van der Waals surface area contributed by atoms with Crippen LogP contribution in [0.1, 0.15) is 0 Å². The summed E-state index contributed by atoms with van der Waals surface area (Å²) in [7, 11) is 0. The van der Waals surface area contributed by atoms with Gasteiger partial charge in [0.1, 0.15) is 22.3 Å². The third-order valence-corrected chi connectivity index (χ3v) is 10.4. The Morgan fingerprint density at radius 3 is 1.56 bits per heavy atom. The molecule has 0 bridgehead atoms. The monoisotopic (exact) mass is 636 g/mol. The molecule has 2 aromatic heterocycles. The molecule has 11 aromatic rings. The van der Waals surface area contributed by atoms with E-state index in [9.17, 15) is 0 Å². The summed E-state index contributed by atoms with van der Waals surface area (Å²) in [5, 5.41) is 11.8. The van der Waals surface area contributed by atoms with Crippen molar-refractivity contribution in [2.24, 2.45) is 0 Å². The molecular formula is C48H28O2. The molecule has 0 spiro atoms. The van der Waals surface area contributed by atoms with Gasteiger partial charge in [-0.05, 0) is 90.6 Å². The van der Waals surface area contributed by atoms with Gasteiger partial charge >= 0.3 is 0 Å². The first kappa shape index (κ1) is 27.3. The second kappa shape index (κ2) is 10.4. The Hall–Kier alpha value is -6.64. The van der Waals surface area contributed by atoms with Crippen LogP contribution in [0.4, 0.5) is 0 Å². The zero-order valence-corrected chi connectivity index (χ0v) is 27.0. The first-order valence-corrected chi connectivity index (χ1v) is 17.1. The van der Waals surface area contributed by atoms with Crippen molar-refractivity contribution in [1.29, 1.82) is 0 Å². The van der Waals surface area contributed by atoms with Crippen LogP contribution in [0.3, 0.4) is 0 Å². The van der Waals surface area contributed by atoms with Crippen molar-refractivity contribution in [3.8, 4) is 33.4 Å². The second-order valence-corrected chi connectivity index (χ2v) is 13.2. The van der Waals surface area contributed by atoms with Gasteiger partial charge in [0.15, 0.2) is 0 Å². The van der Waals surface area contributed by atoms with Gasteiger partial charge in [0.05, 0.1) is 0 Å². The molecule has 0 saturated carbocycles. The molecule has 0 aliphatic carbocycles. The molecule has 11 rings (SSSR count). The van der Waals surface area contributed by atoms with Crippen LogP contribution in [0.2, 0.25) is 0 Å². The molecule has 2 nitrogen and oxygen atoms in total. The van der Waals surface area contributed by atoms with E-state index in [-0.39, 0.29) is 0 Å². The summed E-state index contributed by atoms with van der Waals surface area (Å²) in [6.45, 7) is 0. The third-order valence-electron chi connectivity index (χ3n) is 10.4. The zero-order valence-electron chi connectivity index (χ0n) is 27.0. The fourth-order valence-electron chi connectivity index (χ4n) is 8.16. The number of hydrogen-bond donors (Lipinski definition) is 0. The van der Waals surface area contributed by atoms with Gasteiger partial charge < -0.3 is 8.83 Å². The van der Waals surface area contributed by atoms with E-state index in [1.165, 1.54) is 49.2 Å². The van der Waals surface area contributed by atoms with Crippen LogP contribution in [0.25, 0.3) is 110 Å². The Morgan fingerprint density at radius 1 is 0.260 bits per heavy atom. The summed E-state index contributed by atoms with van der Waals surface area (Å²) in [5.41, 5.74) is 10.7. The van der Waals surface area contributed by atoms with Crippen LogP contribution in [0.15, 0.2) is 179 Å². The molecular weight excluding hydrogens is 609 g/mol. The van der Waals surface area contributed by atoms with Gasteiger partial charge in [-0.25, -0.2) is 0 Å². The molecule has 0 aliphatic heterocycles. The van der Waals surface area contributed by atoms with Crippen molar-refractivity contribution in [3.05, 3.63) is 170 Å². The normalized spacial score (nSPS) is 12.0. The van der Waals surface area contributed by atoms with Crippen molar-refractivity contribution in [1.82, 2.24) is 0 Å². The summed E-state index contributed by atoms with van der Waals surface area (Å²) in [6.07, 6.45) is 0. The second-order valence-electron chi connectivity index (χ2n) is 13.2. The van der Waals surface area contributed by atoms with Crippen molar-refractivity contribution in [2.45, 2.75) is 0 Å². The van der Waals surface area contributed by atoms with Crippen LogP contribution in [-0.4, -0.2) is 0 Å². The molecule has 2 heteroatoms. The molecule has 0 fully saturated rings. The Bertz CT molecular complexity index is 3080. The highest BCUT2D eigenvalue weighted by atomic mass is 16.3. The summed E-state index contributed by atoms with van der Waals surface area (Å²) in [6, 6.07) is 60.9. The quantitative estimate of drug-likeness (QED) is 0.180. The lowest BCUT2D eigenvalue weighted by Gasteiger charge is -2.18. The lowest BCUT2D eigenvalue weighted by molar-refractivity contribution is 0.658. The Kier molecular flexibility index (Phi) is 5.70. The Labute approximate surface area is 287 Å². The summed E-state index contributed by atoms with van der Waals surface area (Å²) < 4.78 is 13.0.